The summed E-state index contributed by atoms with van der Waals surface area (Å²) in [4.78, 5) is 12.8. The smallest absolute Gasteiger partial charge is 0.237 e. The molecule has 1 fully saturated rings. The summed E-state index contributed by atoms with van der Waals surface area (Å²) in [5.74, 6) is 0.636. The molecule has 0 aliphatic heterocycles. The molecule has 3 N–H and O–H groups in total. The minimum absolute atomic E-state index is 0.101. The Labute approximate surface area is 124 Å². The second-order valence-corrected chi connectivity index (χ2v) is 5.51. The third-order valence-corrected chi connectivity index (χ3v) is 4.16. The summed E-state index contributed by atoms with van der Waals surface area (Å²) in [5, 5.41) is 2.92. The van der Waals surface area contributed by atoms with Crippen LogP contribution in [0, 0.1) is 5.41 Å². The molecule has 0 aromatic heterocycles. The molecular weight excluding hydrogens is 272 g/mol. The Morgan fingerprint density at radius 2 is 2.15 bits per heavy atom. The number of hydrogen-bond donors (Lipinski definition) is 2. The van der Waals surface area contributed by atoms with Crippen molar-refractivity contribution >= 4 is 28.8 Å². The molecule has 4 nitrogen and oxygen atoms in total. The van der Waals surface area contributed by atoms with Gasteiger partial charge in [0.15, 0.2) is 0 Å². The second kappa shape index (κ2) is 6.22. The minimum atomic E-state index is -0.684. The van der Waals surface area contributed by atoms with E-state index in [2.05, 4.69) is 5.32 Å². The van der Waals surface area contributed by atoms with Crippen LogP contribution in [0.15, 0.2) is 24.3 Å². The van der Waals surface area contributed by atoms with Crippen molar-refractivity contribution in [1.82, 2.24) is 0 Å². The number of nitrogens with two attached hydrogens (primary N) is 1. The summed E-state index contributed by atoms with van der Waals surface area (Å²) in [6, 6.07) is 7.35. The monoisotopic (exact) mass is 292 g/mol. The van der Waals surface area contributed by atoms with Gasteiger partial charge in [0, 0.05) is 11.8 Å². The zero-order chi connectivity index (χ0) is 14.6. The molecule has 5 heteroatoms. The number of carbonyl (C=O) groups is 1. The summed E-state index contributed by atoms with van der Waals surface area (Å²) in [7, 11) is 0. The fourth-order valence-corrected chi connectivity index (χ4v) is 2.94. The molecule has 1 aliphatic carbocycles. The quantitative estimate of drug-likeness (QED) is 0.819. The third-order valence-electron chi connectivity index (χ3n) is 3.77. The first kappa shape index (κ1) is 14.8. The highest BCUT2D eigenvalue weighted by atomic mass is 32.1. The molecule has 1 aromatic rings. The Morgan fingerprint density at radius 3 is 2.75 bits per heavy atom. The molecule has 108 valence electrons. The number of anilines is 1. The highest BCUT2D eigenvalue weighted by Crippen LogP contribution is 2.39. The molecule has 0 spiro atoms. The number of hydrogen-bond acceptors (Lipinski definition) is 3. The van der Waals surface area contributed by atoms with E-state index in [0.717, 1.165) is 31.4 Å². The van der Waals surface area contributed by atoms with Crippen LogP contribution in [-0.2, 0) is 4.79 Å². The van der Waals surface area contributed by atoms with Gasteiger partial charge in [0.1, 0.15) is 5.75 Å². The highest BCUT2D eigenvalue weighted by molar-refractivity contribution is 7.80. The predicted octanol–water partition coefficient (Wildman–Crippen LogP) is 2.87. The van der Waals surface area contributed by atoms with E-state index in [0.29, 0.717) is 17.3 Å². The average molecular weight is 292 g/mol. The largest absolute Gasteiger partial charge is 0.494 e. The maximum atomic E-state index is 12.5. The van der Waals surface area contributed by atoms with Crippen LogP contribution in [0.4, 0.5) is 5.69 Å². The van der Waals surface area contributed by atoms with E-state index in [4.69, 9.17) is 22.7 Å². The van der Waals surface area contributed by atoms with Gasteiger partial charge >= 0.3 is 0 Å². The van der Waals surface area contributed by atoms with Crippen molar-refractivity contribution in [2.45, 2.75) is 32.6 Å². The van der Waals surface area contributed by atoms with Crippen molar-refractivity contribution in [2.24, 2.45) is 11.1 Å². The lowest BCUT2D eigenvalue weighted by atomic mass is 9.85. The number of thiocarbonyl (C=S) groups is 1. The van der Waals surface area contributed by atoms with Gasteiger partial charge in [-0.1, -0.05) is 31.1 Å². The number of carbonyl (C=O) groups excluding carboxylic acids is 1. The topological polar surface area (TPSA) is 64.3 Å². The lowest BCUT2D eigenvalue weighted by Gasteiger charge is -2.26. The molecule has 1 aliphatic rings. The molecule has 0 radical (unpaired) electrons. The molecule has 2 rings (SSSR count). The maximum Gasteiger partial charge on any atom is 0.237 e. The van der Waals surface area contributed by atoms with Crippen molar-refractivity contribution in [1.29, 1.82) is 0 Å². The number of benzene rings is 1. The van der Waals surface area contributed by atoms with E-state index >= 15 is 0 Å². The molecule has 1 amide bonds. The third kappa shape index (κ3) is 2.93. The van der Waals surface area contributed by atoms with Gasteiger partial charge in [-0.25, -0.2) is 0 Å². The van der Waals surface area contributed by atoms with E-state index in [-0.39, 0.29) is 5.91 Å². The molecule has 1 aromatic carbocycles. The van der Waals surface area contributed by atoms with Crippen LogP contribution in [0.3, 0.4) is 0 Å². The fraction of sp³-hybridized carbons (Fsp3) is 0.467. The van der Waals surface area contributed by atoms with E-state index in [1.54, 1.807) is 0 Å². The number of amides is 1. The SMILES string of the molecule is CCOc1cccc(NC(=O)C2(C(N)=S)CCCC2)c1. The standard InChI is InChI=1S/C15H20N2O2S/c1-2-19-12-7-5-6-11(10-12)17-14(18)15(13(16)20)8-3-4-9-15/h5-7,10H,2-4,8-9H2,1H3,(H2,16,20)(H,17,18). The first-order valence-corrected chi connectivity index (χ1v) is 7.33. The molecule has 0 heterocycles. The zero-order valence-electron chi connectivity index (χ0n) is 11.6. The van der Waals surface area contributed by atoms with Crippen LogP contribution >= 0.6 is 12.2 Å². The Hall–Kier alpha value is -1.62. The Bertz CT molecular complexity index is 510. The normalized spacial score (nSPS) is 16.6. The Kier molecular flexibility index (Phi) is 4.60. The molecule has 0 bridgehead atoms. The summed E-state index contributed by atoms with van der Waals surface area (Å²) in [6.07, 6.45) is 3.45. The highest BCUT2D eigenvalue weighted by Gasteiger charge is 2.43. The van der Waals surface area contributed by atoms with Gasteiger partial charge in [-0.2, -0.15) is 0 Å². The van der Waals surface area contributed by atoms with Crippen LogP contribution in [0.5, 0.6) is 5.75 Å². The molecular formula is C15H20N2O2S. The van der Waals surface area contributed by atoms with Crippen molar-refractivity contribution in [2.75, 3.05) is 11.9 Å². The predicted molar refractivity (Wildman–Crippen MR) is 83.9 cm³/mol. The van der Waals surface area contributed by atoms with Crippen LogP contribution in [0.25, 0.3) is 0 Å². The summed E-state index contributed by atoms with van der Waals surface area (Å²) in [6.45, 7) is 2.51. The van der Waals surface area contributed by atoms with Gasteiger partial charge in [0.25, 0.3) is 0 Å². The number of rotatable bonds is 5. The Balaban J connectivity index is 2.14. The van der Waals surface area contributed by atoms with Crippen LogP contribution < -0.4 is 15.8 Å². The average Bonchev–Trinajstić information content (AvgIpc) is 2.90. The Morgan fingerprint density at radius 1 is 1.45 bits per heavy atom. The molecule has 0 atom stereocenters. The molecule has 0 saturated heterocycles. The van der Waals surface area contributed by atoms with Gasteiger partial charge in [0.2, 0.25) is 5.91 Å². The first-order chi connectivity index (χ1) is 9.58. The molecule has 1 saturated carbocycles. The molecule has 0 unspecified atom stereocenters. The fourth-order valence-electron chi connectivity index (χ4n) is 2.64. The maximum absolute atomic E-state index is 12.5. The van der Waals surface area contributed by atoms with E-state index in [1.807, 2.05) is 31.2 Å². The lowest BCUT2D eigenvalue weighted by molar-refractivity contribution is -0.122. The van der Waals surface area contributed by atoms with Crippen molar-refractivity contribution < 1.29 is 9.53 Å². The minimum Gasteiger partial charge on any atom is -0.494 e. The van der Waals surface area contributed by atoms with Crippen molar-refractivity contribution in [3.63, 3.8) is 0 Å². The van der Waals surface area contributed by atoms with Crippen molar-refractivity contribution in [3.8, 4) is 5.75 Å². The van der Waals surface area contributed by atoms with Gasteiger partial charge < -0.3 is 15.8 Å². The lowest BCUT2D eigenvalue weighted by Crippen LogP contribution is -2.43. The number of ether oxygens (including phenoxy) is 1. The van der Waals surface area contributed by atoms with Crippen molar-refractivity contribution in [3.05, 3.63) is 24.3 Å². The second-order valence-electron chi connectivity index (χ2n) is 5.07. The summed E-state index contributed by atoms with van der Waals surface area (Å²) < 4.78 is 5.42. The van der Waals surface area contributed by atoms with Crippen LogP contribution in [0.2, 0.25) is 0 Å². The molecule has 20 heavy (non-hydrogen) atoms. The summed E-state index contributed by atoms with van der Waals surface area (Å²) >= 11 is 5.12. The summed E-state index contributed by atoms with van der Waals surface area (Å²) in [5.41, 5.74) is 5.84. The van der Waals surface area contributed by atoms with Gasteiger partial charge in [0.05, 0.1) is 17.0 Å². The van der Waals surface area contributed by atoms with E-state index in [1.165, 1.54) is 0 Å². The van der Waals surface area contributed by atoms with Gasteiger partial charge in [-0.15, -0.1) is 0 Å². The van der Waals surface area contributed by atoms with Crippen LogP contribution in [-0.4, -0.2) is 17.5 Å². The first-order valence-electron chi connectivity index (χ1n) is 6.93. The zero-order valence-corrected chi connectivity index (χ0v) is 12.5. The van der Waals surface area contributed by atoms with E-state index in [9.17, 15) is 4.79 Å². The van der Waals surface area contributed by atoms with Crippen LogP contribution in [0.1, 0.15) is 32.6 Å². The number of nitrogens with one attached hydrogen (secondary N) is 1. The van der Waals surface area contributed by atoms with Gasteiger partial charge in [-0.3, -0.25) is 4.79 Å². The van der Waals surface area contributed by atoms with E-state index < -0.39 is 5.41 Å². The van der Waals surface area contributed by atoms with Gasteiger partial charge in [-0.05, 0) is 31.9 Å².